The van der Waals surface area contributed by atoms with Gasteiger partial charge in [0.1, 0.15) is 22.6 Å². The van der Waals surface area contributed by atoms with Crippen LogP contribution in [-0.4, -0.2) is 51.5 Å². The molecule has 178 valence electrons. The van der Waals surface area contributed by atoms with E-state index in [0.717, 1.165) is 17.0 Å². The standard InChI is InChI=1S/C19H22F6N4O2S/c1-9(17(21)22)26-12-4-5-29(15(8-12)19(23,24)25)13-6-11(20)7-14-16(13)27-18(10-2-3-10)28-32(14,30)31/h6-7,9-10,12,15,17,26H,2-5,8H2,1H3,(H,27,28)/t9-,12-,15-/m0/s1. The molecule has 2 fully saturated rings. The quantitative estimate of drug-likeness (QED) is 0.621. The van der Waals surface area contributed by atoms with E-state index in [4.69, 9.17) is 0 Å². The van der Waals surface area contributed by atoms with Gasteiger partial charge in [-0.1, -0.05) is 0 Å². The number of halogens is 6. The lowest BCUT2D eigenvalue weighted by molar-refractivity contribution is -0.154. The van der Waals surface area contributed by atoms with E-state index in [1.165, 1.54) is 6.92 Å². The summed E-state index contributed by atoms with van der Waals surface area (Å²) in [5.41, 5.74) is -0.371. The van der Waals surface area contributed by atoms with Crippen molar-refractivity contribution in [2.75, 3.05) is 16.8 Å². The second-order valence-electron chi connectivity index (χ2n) is 8.41. The van der Waals surface area contributed by atoms with Crippen molar-refractivity contribution >= 4 is 27.2 Å². The first-order valence-electron chi connectivity index (χ1n) is 10.2. The van der Waals surface area contributed by atoms with Gasteiger partial charge >= 0.3 is 6.18 Å². The number of hydrogen-bond donors (Lipinski definition) is 2. The summed E-state index contributed by atoms with van der Waals surface area (Å²) in [4.78, 5) is 0.385. The molecule has 0 amide bonds. The van der Waals surface area contributed by atoms with Gasteiger partial charge < -0.3 is 15.5 Å². The number of hydrogen-bond acceptors (Lipinski definition) is 5. The molecule has 4 rings (SSSR count). The van der Waals surface area contributed by atoms with Crippen LogP contribution in [0, 0.1) is 11.7 Å². The van der Waals surface area contributed by atoms with Crippen molar-refractivity contribution in [1.82, 2.24) is 5.32 Å². The third-order valence-corrected chi connectivity index (χ3v) is 7.24. The first kappa shape index (κ1) is 23.1. The topological polar surface area (TPSA) is 73.8 Å². The van der Waals surface area contributed by atoms with Gasteiger partial charge in [-0.3, -0.25) is 0 Å². The van der Waals surface area contributed by atoms with Gasteiger partial charge in [-0.2, -0.15) is 21.6 Å². The maximum atomic E-state index is 14.3. The van der Waals surface area contributed by atoms with Crippen molar-refractivity contribution < 1.29 is 34.8 Å². The summed E-state index contributed by atoms with van der Waals surface area (Å²) in [5.74, 6) is -1.02. The summed E-state index contributed by atoms with van der Waals surface area (Å²) in [6.45, 7) is 0.960. The van der Waals surface area contributed by atoms with E-state index in [2.05, 4.69) is 15.0 Å². The highest BCUT2D eigenvalue weighted by molar-refractivity contribution is 7.90. The highest BCUT2D eigenvalue weighted by Gasteiger charge is 2.48. The molecule has 0 bridgehead atoms. The van der Waals surface area contributed by atoms with E-state index in [1.54, 1.807) is 0 Å². The number of nitrogens with zero attached hydrogens (tertiary/aromatic N) is 2. The minimum atomic E-state index is -4.76. The van der Waals surface area contributed by atoms with Crippen molar-refractivity contribution in [2.24, 2.45) is 10.3 Å². The fourth-order valence-corrected chi connectivity index (χ4v) is 5.37. The van der Waals surface area contributed by atoms with Crippen LogP contribution in [0.5, 0.6) is 0 Å². The lowest BCUT2D eigenvalue weighted by Gasteiger charge is -2.43. The van der Waals surface area contributed by atoms with Crippen molar-refractivity contribution in [1.29, 1.82) is 0 Å². The Bertz CT molecular complexity index is 1030. The van der Waals surface area contributed by atoms with Crippen molar-refractivity contribution in [2.45, 2.75) is 68.2 Å². The lowest BCUT2D eigenvalue weighted by Crippen LogP contribution is -2.56. The normalized spacial score (nSPS) is 26.4. The summed E-state index contributed by atoms with van der Waals surface area (Å²) in [7, 11) is -4.29. The number of fused-ring (bicyclic) bond motifs is 1. The summed E-state index contributed by atoms with van der Waals surface area (Å²) >= 11 is 0. The molecular formula is C19H22F6N4O2S. The predicted molar refractivity (Wildman–Crippen MR) is 106 cm³/mol. The molecule has 0 aromatic heterocycles. The minimum Gasteiger partial charge on any atom is -0.358 e. The maximum absolute atomic E-state index is 14.3. The van der Waals surface area contributed by atoms with E-state index in [1.807, 2.05) is 0 Å². The number of alkyl halides is 5. The molecule has 1 aromatic rings. The Morgan fingerprint density at radius 3 is 2.50 bits per heavy atom. The monoisotopic (exact) mass is 484 g/mol. The second-order valence-corrected chi connectivity index (χ2v) is 9.98. The number of nitrogens with one attached hydrogen (secondary N) is 2. The van der Waals surface area contributed by atoms with Gasteiger partial charge in [0, 0.05) is 18.5 Å². The Kier molecular flexibility index (Phi) is 5.85. The van der Waals surface area contributed by atoms with E-state index in [0.29, 0.717) is 12.8 Å². The SMILES string of the molecule is C[C@H](N[C@H]1CCN(c2cc(F)cc3c2NC(C2CC2)=NS3(=O)=O)[C@H](C(F)(F)F)C1)C(F)F. The maximum Gasteiger partial charge on any atom is 0.408 e. The number of piperidine rings is 1. The van der Waals surface area contributed by atoms with Crippen LogP contribution in [0.3, 0.4) is 0 Å². The molecule has 3 atom stereocenters. The minimum absolute atomic E-state index is 0.0885. The lowest BCUT2D eigenvalue weighted by atomic mass is 9.94. The molecule has 6 nitrogen and oxygen atoms in total. The van der Waals surface area contributed by atoms with Crippen molar-refractivity contribution in [3.05, 3.63) is 17.9 Å². The van der Waals surface area contributed by atoms with Crippen LogP contribution in [0.25, 0.3) is 0 Å². The Labute approximate surface area is 181 Å². The Morgan fingerprint density at radius 2 is 1.91 bits per heavy atom. The molecule has 2 N–H and O–H groups in total. The fraction of sp³-hybridized carbons (Fsp3) is 0.632. The van der Waals surface area contributed by atoms with Gasteiger partial charge in [-0.25, -0.2) is 13.2 Å². The van der Waals surface area contributed by atoms with Gasteiger partial charge in [-0.05, 0) is 44.7 Å². The van der Waals surface area contributed by atoms with Gasteiger partial charge in [0.05, 0.1) is 17.4 Å². The third-order valence-electron chi connectivity index (χ3n) is 5.93. The molecule has 0 spiro atoms. The molecule has 13 heteroatoms. The molecule has 3 aliphatic rings. The molecule has 2 heterocycles. The molecule has 2 aliphatic heterocycles. The van der Waals surface area contributed by atoms with Crippen LogP contribution >= 0.6 is 0 Å². The summed E-state index contributed by atoms with van der Waals surface area (Å²) in [6.07, 6.45) is -6.56. The Hall–Kier alpha value is -2.02. The highest BCUT2D eigenvalue weighted by Crippen LogP contribution is 2.44. The van der Waals surface area contributed by atoms with Crippen LogP contribution in [0.15, 0.2) is 21.4 Å². The van der Waals surface area contributed by atoms with E-state index in [-0.39, 0.29) is 36.1 Å². The molecule has 1 aromatic carbocycles. The summed E-state index contributed by atoms with van der Waals surface area (Å²) in [5, 5.41) is 5.35. The molecule has 1 saturated carbocycles. The first-order chi connectivity index (χ1) is 14.9. The average molecular weight is 484 g/mol. The van der Waals surface area contributed by atoms with Gasteiger partial charge in [-0.15, -0.1) is 4.40 Å². The van der Waals surface area contributed by atoms with Gasteiger partial charge in [0.2, 0.25) is 0 Å². The van der Waals surface area contributed by atoms with Gasteiger partial charge in [0.25, 0.3) is 16.4 Å². The van der Waals surface area contributed by atoms with Crippen LogP contribution < -0.4 is 15.5 Å². The molecule has 1 aliphatic carbocycles. The number of sulfonamides is 1. The van der Waals surface area contributed by atoms with Crippen LogP contribution in [0.4, 0.5) is 37.7 Å². The highest BCUT2D eigenvalue weighted by atomic mass is 32.2. The number of amidine groups is 1. The zero-order chi connectivity index (χ0) is 23.4. The molecule has 32 heavy (non-hydrogen) atoms. The first-order valence-corrected chi connectivity index (χ1v) is 11.6. The van der Waals surface area contributed by atoms with E-state index < -0.39 is 57.9 Å². The predicted octanol–water partition coefficient (Wildman–Crippen LogP) is 3.89. The van der Waals surface area contributed by atoms with E-state index >= 15 is 0 Å². The van der Waals surface area contributed by atoms with Crippen LogP contribution in [-0.2, 0) is 10.0 Å². The Morgan fingerprint density at radius 1 is 1.22 bits per heavy atom. The fourth-order valence-electron chi connectivity index (χ4n) is 4.15. The average Bonchev–Trinajstić information content (AvgIpc) is 3.52. The number of anilines is 2. The summed E-state index contributed by atoms with van der Waals surface area (Å²) in [6, 6.07) is -2.63. The zero-order valence-corrected chi connectivity index (χ0v) is 17.8. The Balaban J connectivity index is 1.71. The number of benzene rings is 1. The molecule has 0 unspecified atom stereocenters. The van der Waals surface area contributed by atoms with Crippen LogP contribution in [0.2, 0.25) is 0 Å². The zero-order valence-electron chi connectivity index (χ0n) is 17.0. The summed E-state index contributed by atoms with van der Waals surface area (Å²) < 4.78 is 111. The van der Waals surface area contributed by atoms with Crippen molar-refractivity contribution in [3.63, 3.8) is 0 Å². The number of rotatable bonds is 5. The second kappa shape index (κ2) is 8.08. The van der Waals surface area contributed by atoms with Gasteiger partial charge in [0.15, 0.2) is 0 Å². The molecular weight excluding hydrogens is 462 g/mol. The molecule has 0 radical (unpaired) electrons. The smallest absolute Gasteiger partial charge is 0.358 e. The third kappa shape index (κ3) is 4.54. The largest absolute Gasteiger partial charge is 0.408 e. The van der Waals surface area contributed by atoms with Crippen LogP contribution in [0.1, 0.15) is 32.6 Å². The molecule has 1 saturated heterocycles. The van der Waals surface area contributed by atoms with E-state index in [9.17, 15) is 34.8 Å². The van der Waals surface area contributed by atoms with Crippen molar-refractivity contribution in [3.8, 4) is 0 Å².